The van der Waals surface area contributed by atoms with Crippen LogP contribution in [0.25, 0.3) is 0 Å². The van der Waals surface area contributed by atoms with Crippen LogP contribution in [0.15, 0.2) is 18.3 Å². The van der Waals surface area contributed by atoms with Gasteiger partial charge in [0.1, 0.15) is 5.82 Å². The largest absolute Gasteiger partial charge is 0.384 e. The molecular weight excluding hydrogens is 194 g/mol. The van der Waals surface area contributed by atoms with Crippen LogP contribution >= 0.6 is 11.8 Å². The van der Waals surface area contributed by atoms with Crippen molar-refractivity contribution in [1.82, 2.24) is 4.98 Å². The van der Waals surface area contributed by atoms with E-state index in [0.717, 1.165) is 17.5 Å². The molecule has 0 saturated carbocycles. The summed E-state index contributed by atoms with van der Waals surface area (Å²) in [5.41, 5.74) is 6.56. The number of hydrogen-bond donors (Lipinski definition) is 2. The van der Waals surface area contributed by atoms with Crippen molar-refractivity contribution in [1.29, 1.82) is 0 Å². The summed E-state index contributed by atoms with van der Waals surface area (Å²) in [5.74, 6) is 1.89. The van der Waals surface area contributed by atoms with E-state index in [1.165, 1.54) is 18.6 Å². The molecule has 1 atom stereocenters. The highest BCUT2D eigenvalue weighted by atomic mass is 32.2. The minimum Gasteiger partial charge on any atom is -0.384 e. The molecular formula is C10H15N3S. The molecule has 1 unspecified atom stereocenters. The van der Waals surface area contributed by atoms with Crippen molar-refractivity contribution in [2.75, 3.05) is 23.3 Å². The van der Waals surface area contributed by atoms with E-state index in [-0.39, 0.29) is 0 Å². The summed E-state index contributed by atoms with van der Waals surface area (Å²) in [7, 11) is 0. The summed E-state index contributed by atoms with van der Waals surface area (Å²) in [6.07, 6.45) is 4.48. The summed E-state index contributed by atoms with van der Waals surface area (Å²) < 4.78 is 0. The molecule has 1 aromatic heterocycles. The Hall–Kier alpha value is -0.900. The molecule has 0 aliphatic carbocycles. The molecule has 1 saturated heterocycles. The van der Waals surface area contributed by atoms with E-state index >= 15 is 0 Å². The van der Waals surface area contributed by atoms with Gasteiger partial charge >= 0.3 is 0 Å². The number of aromatic nitrogens is 1. The van der Waals surface area contributed by atoms with Gasteiger partial charge in [-0.2, -0.15) is 11.8 Å². The van der Waals surface area contributed by atoms with Crippen molar-refractivity contribution < 1.29 is 0 Å². The van der Waals surface area contributed by atoms with E-state index in [1.54, 1.807) is 6.20 Å². The molecule has 1 aliphatic heterocycles. The minimum absolute atomic E-state index is 0.575. The molecule has 2 heterocycles. The normalized spacial score (nSPS) is 21.0. The van der Waals surface area contributed by atoms with Crippen LogP contribution in [-0.2, 0) is 0 Å². The van der Waals surface area contributed by atoms with Crippen LogP contribution < -0.4 is 11.1 Å². The third kappa shape index (κ3) is 2.54. The Kier molecular flexibility index (Phi) is 3.14. The SMILES string of the molecule is Nc1ccc(NCC2CCCS2)cn1. The molecule has 4 heteroatoms. The van der Waals surface area contributed by atoms with Gasteiger partial charge in [-0.05, 0) is 30.7 Å². The summed E-state index contributed by atoms with van der Waals surface area (Å²) in [6, 6.07) is 3.80. The molecule has 2 rings (SSSR count). The third-order valence-corrected chi connectivity index (χ3v) is 3.74. The Morgan fingerprint density at radius 3 is 3.14 bits per heavy atom. The summed E-state index contributed by atoms with van der Waals surface area (Å²) in [4.78, 5) is 4.03. The fourth-order valence-electron chi connectivity index (χ4n) is 1.55. The van der Waals surface area contributed by atoms with Crippen molar-refractivity contribution >= 4 is 23.3 Å². The number of nitrogens with one attached hydrogen (secondary N) is 1. The van der Waals surface area contributed by atoms with Gasteiger partial charge in [0, 0.05) is 11.8 Å². The van der Waals surface area contributed by atoms with Crippen LogP contribution in [0, 0.1) is 0 Å². The number of nitrogens with two attached hydrogens (primary N) is 1. The molecule has 0 spiro atoms. The first-order chi connectivity index (χ1) is 6.84. The number of anilines is 2. The second-order valence-corrected chi connectivity index (χ2v) is 4.90. The third-order valence-electron chi connectivity index (χ3n) is 2.34. The lowest BCUT2D eigenvalue weighted by Gasteiger charge is -2.10. The second kappa shape index (κ2) is 4.55. The van der Waals surface area contributed by atoms with Gasteiger partial charge in [0.2, 0.25) is 0 Å². The van der Waals surface area contributed by atoms with Crippen LogP contribution in [0.4, 0.5) is 11.5 Å². The van der Waals surface area contributed by atoms with Crippen LogP contribution in [0.2, 0.25) is 0 Å². The quantitative estimate of drug-likeness (QED) is 0.799. The average Bonchev–Trinajstić information content (AvgIpc) is 2.70. The maximum absolute atomic E-state index is 5.50. The predicted molar refractivity (Wildman–Crippen MR) is 62.6 cm³/mol. The number of nitrogens with zero attached hydrogens (tertiary/aromatic N) is 1. The van der Waals surface area contributed by atoms with Crippen molar-refractivity contribution in [2.45, 2.75) is 18.1 Å². The summed E-state index contributed by atoms with van der Waals surface area (Å²) in [6.45, 7) is 1.04. The van der Waals surface area contributed by atoms with Crippen LogP contribution in [-0.4, -0.2) is 22.5 Å². The predicted octanol–water partition coefficient (Wildman–Crippen LogP) is 1.97. The molecule has 1 aromatic rings. The molecule has 0 aromatic carbocycles. The second-order valence-electron chi connectivity index (χ2n) is 3.49. The van der Waals surface area contributed by atoms with E-state index in [4.69, 9.17) is 5.73 Å². The number of nitrogen functional groups attached to an aromatic ring is 1. The zero-order chi connectivity index (χ0) is 9.80. The van der Waals surface area contributed by atoms with Crippen molar-refractivity contribution in [3.8, 4) is 0 Å². The zero-order valence-electron chi connectivity index (χ0n) is 8.07. The Balaban J connectivity index is 1.82. The fourth-order valence-corrected chi connectivity index (χ4v) is 2.75. The Morgan fingerprint density at radius 1 is 1.57 bits per heavy atom. The zero-order valence-corrected chi connectivity index (χ0v) is 8.89. The highest BCUT2D eigenvalue weighted by molar-refractivity contribution is 8.00. The van der Waals surface area contributed by atoms with Gasteiger partial charge in [0.25, 0.3) is 0 Å². The minimum atomic E-state index is 0.575. The fraction of sp³-hybridized carbons (Fsp3) is 0.500. The first kappa shape index (κ1) is 9.65. The van der Waals surface area contributed by atoms with E-state index < -0.39 is 0 Å². The molecule has 76 valence electrons. The smallest absolute Gasteiger partial charge is 0.123 e. The molecule has 0 radical (unpaired) electrons. The number of rotatable bonds is 3. The van der Waals surface area contributed by atoms with E-state index in [9.17, 15) is 0 Å². The van der Waals surface area contributed by atoms with Gasteiger partial charge in [-0.3, -0.25) is 0 Å². The highest BCUT2D eigenvalue weighted by Crippen LogP contribution is 2.26. The first-order valence-corrected chi connectivity index (χ1v) is 5.96. The lowest BCUT2D eigenvalue weighted by molar-refractivity contribution is 0.805. The van der Waals surface area contributed by atoms with Gasteiger partial charge < -0.3 is 11.1 Å². The molecule has 14 heavy (non-hydrogen) atoms. The summed E-state index contributed by atoms with van der Waals surface area (Å²) in [5, 5.41) is 4.15. The Morgan fingerprint density at radius 2 is 2.50 bits per heavy atom. The highest BCUT2D eigenvalue weighted by Gasteiger charge is 2.14. The standard InChI is InChI=1S/C10H15N3S/c11-10-4-3-8(6-13-10)12-7-9-2-1-5-14-9/h3-4,6,9,12H,1-2,5,7H2,(H2,11,13). The van der Waals surface area contributed by atoms with Crippen LogP contribution in [0.3, 0.4) is 0 Å². The molecule has 1 aliphatic rings. The van der Waals surface area contributed by atoms with Gasteiger partial charge in [-0.1, -0.05) is 0 Å². The maximum atomic E-state index is 5.50. The van der Waals surface area contributed by atoms with Crippen LogP contribution in [0.1, 0.15) is 12.8 Å². The maximum Gasteiger partial charge on any atom is 0.123 e. The van der Waals surface area contributed by atoms with Gasteiger partial charge in [-0.25, -0.2) is 4.98 Å². The average molecular weight is 209 g/mol. The lowest BCUT2D eigenvalue weighted by Crippen LogP contribution is -2.13. The molecule has 3 N–H and O–H groups in total. The van der Waals surface area contributed by atoms with E-state index in [1.807, 2.05) is 12.1 Å². The Bertz CT molecular complexity index is 280. The lowest BCUT2D eigenvalue weighted by atomic mass is 10.2. The number of pyridine rings is 1. The summed E-state index contributed by atoms with van der Waals surface area (Å²) >= 11 is 2.06. The molecule has 0 bridgehead atoms. The van der Waals surface area contributed by atoms with Crippen LogP contribution in [0.5, 0.6) is 0 Å². The van der Waals surface area contributed by atoms with E-state index in [0.29, 0.717) is 5.82 Å². The topological polar surface area (TPSA) is 50.9 Å². The van der Waals surface area contributed by atoms with Crippen molar-refractivity contribution in [2.24, 2.45) is 0 Å². The first-order valence-electron chi connectivity index (χ1n) is 4.91. The van der Waals surface area contributed by atoms with Crippen molar-refractivity contribution in [3.63, 3.8) is 0 Å². The van der Waals surface area contributed by atoms with Gasteiger partial charge in [0.05, 0.1) is 11.9 Å². The molecule has 1 fully saturated rings. The molecule has 0 amide bonds. The van der Waals surface area contributed by atoms with Gasteiger partial charge in [0.15, 0.2) is 0 Å². The Labute approximate surface area is 88.5 Å². The van der Waals surface area contributed by atoms with E-state index in [2.05, 4.69) is 22.1 Å². The van der Waals surface area contributed by atoms with Gasteiger partial charge in [-0.15, -0.1) is 0 Å². The molecule has 3 nitrogen and oxygen atoms in total. The number of thioether (sulfide) groups is 1. The van der Waals surface area contributed by atoms with Crippen molar-refractivity contribution in [3.05, 3.63) is 18.3 Å². The number of hydrogen-bond acceptors (Lipinski definition) is 4. The monoisotopic (exact) mass is 209 g/mol.